The molecule has 0 aliphatic carbocycles. The van der Waals surface area contributed by atoms with Crippen LogP contribution in [0.25, 0.3) is 0 Å². The van der Waals surface area contributed by atoms with Crippen LogP contribution in [0.4, 0.5) is 5.69 Å². The number of nitrogens with two attached hydrogens (primary N) is 1. The van der Waals surface area contributed by atoms with Crippen LogP contribution in [0.15, 0.2) is 28.6 Å². The SMILES string of the molecule is Cc1ncsc1C(=O)Nc1cc(S(N)(=O)=O)ccc1Cl. The van der Waals surface area contributed by atoms with Crippen molar-refractivity contribution in [2.24, 2.45) is 5.14 Å². The van der Waals surface area contributed by atoms with Crippen LogP contribution in [-0.4, -0.2) is 19.3 Å². The summed E-state index contributed by atoms with van der Waals surface area (Å²) in [6.07, 6.45) is 0. The minimum absolute atomic E-state index is 0.127. The van der Waals surface area contributed by atoms with Gasteiger partial charge in [-0.05, 0) is 25.1 Å². The van der Waals surface area contributed by atoms with Crippen LogP contribution in [0, 0.1) is 6.92 Å². The van der Waals surface area contributed by atoms with E-state index in [4.69, 9.17) is 16.7 Å². The quantitative estimate of drug-likeness (QED) is 0.897. The Morgan fingerprint density at radius 2 is 2.15 bits per heavy atom. The third kappa shape index (κ3) is 3.15. The van der Waals surface area contributed by atoms with Crippen molar-refractivity contribution in [1.29, 1.82) is 0 Å². The second kappa shape index (κ2) is 5.49. The Morgan fingerprint density at radius 1 is 1.45 bits per heavy atom. The predicted molar refractivity (Wildman–Crippen MR) is 77.6 cm³/mol. The lowest BCUT2D eigenvalue weighted by atomic mass is 10.3. The van der Waals surface area contributed by atoms with E-state index in [1.807, 2.05) is 0 Å². The van der Waals surface area contributed by atoms with Gasteiger partial charge in [0.15, 0.2) is 0 Å². The van der Waals surface area contributed by atoms with Gasteiger partial charge in [0.25, 0.3) is 5.91 Å². The fraction of sp³-hybridized carbons (Fsp3) is 0.0909. The van der Waals surface area contributed by atoms with Crippen LogP contribution in [0.2, 0.25) is 5.02 Å². The van der Waals surface area contributed by atoms with Crippen molar-refractivity contribution >= 4 is 44.6 Å². The van der Waals surface area contributed by atoms with E-state index in [2.05, 4.69) is 10.3 Å². The summed E-state index contributed by atoms with van der Waals surface area (Å²) in [5, 5.41) is 7.79. The fourth-order valence-corrected chi connectivity index (χ4v) is 2.88. The van der Waals surface area contributed by atoms with Crippen molar-refractivity contribution in [1.82, 2.24) is 4.98 Å². The zero-order chi connectivity index (χ0) is 14.9. The number of carbonyl (C=O) groups is 1. The summed E-state index contributed by atoms with van der Waals surface area (Å²) in [7, 11) is -3.86. The normalized spacial score (nSPS) is 11.3. The molecule has 0 saturated carbocycles. The van der Waals surface area contributed by atoms with Gasteiger partial charge in [0, 0.05) is 0 Å². The average molecular weight is 332 g/mol. The van der Waals surface area contributed by atoms with Crippen LogP contribution in [0.3, 0.4) is 0 Å². The number of halogens is 1. The summed E-state index contributed by atoms with van der Waals surface area (Å²) in [5.74, 6) is -0.404. The second-order valence-corrected chi connectivity index (χ2v) is 6.73. The molecule has 9 heteroatoms. The first-order valence-corrected chi connectivity index (χ1v) is 8.13. The number of nitrogens with one attached hydrogen (secondary N) is 1. The highest BCUT2D eigenvalue weighted by Gasteiger charge is 2.16. The molecule has 1 amide bonds. The first-order valence-electron chi connectivity index (χ1n) is 5.33. The molecule has 0 unspecified atom stereocenters. The highest BCUT2D eigenvalue weighted by Crippen LogP contribution is 2.26. The van der Waals surface area contributed by atoms with E-state index in [1.165, 1.54) is 29.5 Å². The molecule has 0 aliphatic heterocycles. The zero-order valence-corrected chi connectivity index (χ0v) is 12.6. The standard InChI is InChI=1S/C11H10ClN3O3S2/c1-6-10(19-5-14-6)11(16)15-9-4-7(20(13,17)18)2-3-8(9)12/h2-5H,1H3,(H,15,16)(H2,13,17,18). The van der Waals surface area contributed by atoms with E-state index in [9.17, 15) is 13.2 Å². The first kappa shape index (κ1) is 14.9. The molecule has 2 rings (SSSR count). The van der Waals surface area contributed by atoms with E-state index >= 15 is 0 Å². The zero-order valence-electron chi connectivity index (χ0n) is 10.3. The molecular formula is C11H10ClN3O3S2. The first-order chi connectivity index (χ1) is 9.29. The average Bonchev–Trinajstić information content (AvgIpc) is 2.77. The minimum Gasteiger partial charge on any atom is -0.320 e. The topological polar surface area (TPSA) is 102 Å². The Labute approximate surface area is 124 Å². The second-order valence-electron chi connectivity index (χ2n) is 3.91. The number of sulfonamides is 1. The van der Waals surface area contributed by atoms with Gasteiger partial charge >= 0.3 is 0 Å². The van der Waals surface area contributed by atoms with Crippen molar-refractivity contribution in [2.45, 2.75) is 11.8 Å². The van der Waals surface area contributed by atoms with Gasteiger partial charge in [0.2, 0.25) is 10.0 Å². The van der Waals surface area contributed by atoms with Gasteiger partial charge in [0.05, 0.1) is 26.8 Å². The number of nitrogens with zero attached hydrogens (tertiary/aromatic N) is 1. The summed E-state index contributed by atoms with van der Waals surface area (Å²) in [4.78, 5) is 16.3. The number of primary sulfonamides is 1. The molecule has 0 atom stereocenters. The minimum atomic E-state index is -3.86. The number of benzene rings is 1. The highest BCUT2D eigenvalue weighted by molar-refractivity contribution is 7.89. The maximum atomic E-state index is 12.0. The number of aryl methyl sites for hydroxylation is 1. The Hall–Kier alpha value is -1.48. The monoisotopic (exact) mass is 331 g/mol. The van der Waals surface area contributed by atoms with E-state index in [0.29, 0.717) is 10.6 Å². The number of aromatic nitrogens is 1. The maximum Gasteiger partial charge on any atom is 0.267 e. The number of carbonyl (C=O) groups excluding carboxylic acids is 1. The molecule has 1 aromatic carbocycles. The largest absolute Gasteiger partial charge is 0.320 e. The van der Waals surface area contributed by atoms with E-state index in [0.717, 1.165) is 0 Å². The molecule has 0 aliphatic rings. The molecule has 1 aromatic heterocycles. The Bertz CT molecular complexity index is 771. The van der Waals surface area contributed by atoms with Crippen LogP contribution in [0.1, 0.15) is 15.4 Å². The Kier molecular flexibility index (Phi) is 4.09. The predicted octanol–water partition coefficient (Wildman–Crippen LogP) is 2.00. The van der Waals surface area contributed by atoms with Crippen LogP contribution < -0.4 is 10.5 Å². The van der Waals surface area contributed by atoms with Crippen LogP contribution >= 0.6 is 22.9 Å². The van der Waals surface area contributed by atoms with Gasteiger partial charge in [-0.2, -0.15) is 0 Å². The molecular weight excluding hydrogens is 322 g/mol. The molecule has 1 heterocycles. The summed E-state index contributed by atoms with van der Waals surface area (Å²) in [6, 6.07) is 3.84. The number of anilines is 1. The van der Waals surface area contributed by atoms with Gasteiger partial charge < -0.3 is 5.32 Å². The lowest BCUT2D eigenvalue weighted by Crippen LogP contribution is -2.15. The summed E-state index contributed by atoms with van der Waals surface area (Å²) in [5.41, 5.74) is 2.31. The lowest BCUT2D eigenvalue weighted by molar-refractivity contribution is 0.102. The van der Waals surface area contributed by atoms with Gasteiger partial charge in [-0.3, -0.25) is 4.79 Å². The third-order valence-electron chi connectivity index (χ3n) is 2.47. The summed E-state index contributed by atoms with van der Waals surface area (Å²) in [6.45, 7) is 1.70. The molecule has 20 heavy (non-hydrogen) atoms. The van der Waals surface area contributed by atoms with Crippen molar-refractivity contribution in [2.75, 3.05) is 5.32 Å². The number of amides is 1. The third-order valence-corrected chi connectivity index (χ3v) is 4.63. The molecule has 3 N–H and O–H groups in total. The molecule has 0 bridgehead atoms. The van der Waals surface area contributed by atoms with Gasteiger partial charge in [-0.1, -0.05) is 11.6 Å². The highest BCUT2D eigenvalue weighted by atomic mass is 35.5. The molecule has 0 fully saturated rings. The molecule has 2 aromatic rings. The van der Waals surface area contributed by atoms with Crippen LogP contribution in [0.5, 0.6) is 0 Å². The Morgan fingerprint density at radius 3 is 2.70 bits per heavy atom. The summed E-state index contributed by atoms with van der Waals surface area (Å²) >= 11 is 7.11. The number of hydrogen-bond acceptors (Lipinski definition) is 5. The molecule has 0 saturated heterocycles. The molecule has 0 spiro atoms. The van der Waals surface area contributed by atoms with Crippen molar-refractivity contribution in [3.8, 4) is 0 Å². The van der Waals surface area contributed by atoms with Crippen molar-refractivity contribution in [3.05, 3.63) is 39.3 Å². The molecule has 6 nitrogen and oxygen atoms in total. The van der Waals surface area contributed by atoms with E-state index < -0.39 is 15.9 Å². The number of thiazole rings is 1. The fourth-order valence-electron chi connectivity index (χ4n) is 1.48. The van der Waals surface area contributed by atoms with Gasteiger partial charge in [0.1, 0.15) is 4.88 Å². The number of hydrogen-bond donors (Lipinski definition) is 2. The Balaban J connectivity index is 2.34. The molecule has 106 valence electrons. The van der Waals surface area contributed by atoms with E-state index in [1.54, 1.807) is 12.4 Å². The van der Waals surface area contributed by atoms with Crippen molar-refractivity contribution in [3.63, 3.8) is 0 Å². The molecule has 0 radical (unpaired) electrons. The van der Waals surface area contributed by atoms with E-state index in [-0.39, 0.29) is 15.6 Å². The summed E-state index contributed by atoms with van der Waals surface area (Å²) < 4.78 is 22.6. The van der Waals surface area contributed by atoms with Crippen LogP contribution in [-0.2, 0) is 10.0 Å². The van der Waals surface area contributed by atoms with Gasteiger partial charge in [-0.15, -0.1) is 11.3 Å². The number of rotatable bonds is 3. The van der Waals surface area contributed by atoms with Crippen molar-refractivity contribution < 1.29 is 13.2 Å². The lowest BCUT2D eigenvalue weighted by Gasteiger charge is -2.08. The van der Waals surface area contributed by atoms with Gasteiger partial charge in [-0.25, -0.2) is 18.5 Å². The maximum absolute atomic E-state index is 12.0. The smallest absolute Gasteiger partial charge is 0.267 e.